The molecule has 0 bridgehead atoms. The predicted molar refractivity (Wildman–Crippen MR) is 88.8 cm³/mol. The van der Waals surface area contributed by atoms with Gasteiger partial charge in [0.05, 0.1) is 6.61 Å². The minimum Gasteiger partial charge on any atom is -0.464 e. The van der Waals surface area contributed by atoms with E-state index in [2.05, 4.69) is 32.0 Å². The van der Waals surface area contributed by atoms with Crippen LogP contribution in [0.3, 0.4) is 0 Å². The molecule has 0 aromatic heterocycles. The maximum absolute atomic E-state index is 12.5. The van der Waals surface area contributed by atoms with Gasteiger partial charge in [0.2, 0.25) is 6.04 Å². The third-order valence-electron chi connectivity index (χ3n) is 3.04. The highest BCUT2D eigenvalue weighted by Gasteiger charge is 2.34. The zero-order chi connectivity index (χ0) is 17.4. The maximum Gasteiger partial charge on any atom is 0.338 e. The Balaban J connectivity index is 3.03. The SMILES string of the molecule is CCOC(=O)C(C(=O)NC)N(C)C(=O)c1ccc(C#CBr)cc1. The molecule has 0 heterocycles. The molecule has 1 atom stereocenters. The number of ether oxygens (including phenoxy) is 1. The molecule has 6 nitrogen and oxygen atoms in total. The minimum atomic E-state index is -1.34. The molecule has 0 aliphatic rings. The van der Waals surface area contributed by atoms with Crippen molar-refractivity contribution in [1.82, 2.24) is 10.2 Å². The van der Waals surface area contributed by atoms with E-state index in [0.717, 1.165) is 10.5 Å². The fraction of sp³-hybridized carbons (Fsp3) is 0.312. The van der Waals surface area contributed by atoms with E-state index in [1.807, 2.05) is 0 Å². The van der Waals surface area contributed by atoms with Crippen molar-refractivity contribution in [2.75, 3.05) is 20.7 Å². The number of nitrogens with one attached hydrogen (secondary N) is 1. The molecule has 2 amide bonds. The molecule has 1 rings (SSSR count). The molecule has 0 aliphatic carbocycles. The van der Waals surface area contributed by atoms with Crippen LogP contribution in [-0.4, -0.2) is 49.4 Å². The van der Waals surface area contributed by atoms with Crippen molar-refractivity contribution in [2.24, 2.45) is 0 Å². The van der Waals surface area contributed by atoms with Crippen LogP contribution in [0.5, 0.6) is 0 Å². The van der Waals surface area contributed by atoms with E-state index < -0.39 is 23.8 Å². The number of carbonyl (C=O) groups is 3. The number of rotatable bonds is 5. The monoisotopic (exact) mass is 380 g/mol. The summed E-state index contributed by atoms with van der Waals surface area (Å²) in [5.41, 5.74) is 1.07. The molecule has 0 fully saturated rings. The van der Waals surface area contributed by atoms with Gasteiger partial charge in [-0.3, -0.25) is 9.59 Å². The molecule has 0 aliphatic heterocycles. The molecule has 7 heteroatoms. The molecule has 1 N–H and O–H groups in total. The van der Waals surface area contributed by atoms with E-state index in [0.29, 0.717) is 5.56 Å². The molecule has 0 spiro atoms. The molecule has 1 aromatic carbocycles. The lowest BCUT2D eigenvalue weighted by Gasteiger charge is -2.25. The Kier molecular flexibility index (Phi) is 7.29. The first kappa shape index (κ1) is 18.7. The number of benzene rings is 1. The second-order valence-electron chi connectivity index (χ2n) is 4.48. The van der Waals surface area contributed by atoms with Crippen molar-refractivity contribution in [3.8, 4) is 10.8 Å². The van der Waals surface area contributed by atoms with Crippen LogP contribution in [0, 0.1) is 10.8 Å². The summed E-state index contributed by atoms with van der Waals surface area (Å²) in [6.07, 6.45) is 0. The lowest BCUT2D eigenvalue weighted by Crippen LogP contribution is -2.52. The summed E-state index contributed by atoms with van der Waals surface area (Å²) >= 11 is 3.00. The Labute approximate surface area is 143 Å². The number of esters is 1. The number of carbonyl (C=O) groups excluding carboxylic acids is 3. The van der Waals surface area contributed by atoms with Crippen LogP contribution in [0.25, 0.3) is 0 Å². The summed E-state index contributed by atoms with van der Waals surface area (Å²) in [6, 6.07) is 5.17. The van der Waals surface area contributed by atoms with Gasteiger partial charge in [-0.05, 0) is 36.0 Å². The number of amides is 2. The number of likely N-dealkylation sites (N-methyl/N-ethyl adjacent to an activating group) is 2. The second kappa shape index (κ2) is 8.96. The first-order chi connectivity index (χ1) is 11.0. The van der Waals surface area contributed by atoms with Gasteiger partial charge in [0, 0.05) is 41.2 Å². The summed E-state index contributed by atoms with van der Waals surface area (Å²) in [7, 11) is 2.77. The van der Waals surface area contributed by atoms with Crippen molar-refractivity contribution < 1.29 is 19.1 Å². The zero-order valence-corrected chi connectivity index (χ0v) is 14.6. The number of hydrogen-bond acceptors (Lipinski definition) is 4. The third-order valence-corrected chi connectivity index (χ3v) is 3.23. The molecule has 122 valence electrons. The summed E-state index contributed by atoms with van der Waals surface area (Å²) in [5, 5.41) is 2.36. The van der Waals surface area contributed by atoms with Crippen LogP contribution >= 0.6 is 15.9 Å². The molecule has 1 unspecified atom stereocenters. The Morgan fingerprint density at radius 2 is 1.91 bits per heavy atom. The Hall–Kier alpha value is -2.33. The third kappa shape index (κ3) is 4.83. The van der Waals surface area contributed by atoms with Crippen LogP contribution in [-0.2, 0) is 14.3 Å². The minimum absolute atomic E-state index is 0.119. The van der Waals surface area contributed by atoms with Gasteiger partial charge in [0.15, 0.2) is 0 Å². The Bertz CT molecular complexity index is 646. The average molecular weight is 381 g/mol. The average Bonchev–Trinajstić information content (AvgIpc) is 2.55. The number of nitrogens with zero attached hydrogens (tertiary/aromatic N) is 1. The number of halogens is 1. The summed E-state index contributed by atoms with van der Waals surface area (Å²) in [4.78, 5) is 40.0. The van der Waals surface area contributed by atoms with Crippen LogP contribution in [0.2, 0.25) is 0 Å². The van der Waals surface area contributed by atoms with Crippen molar-refractivity contribution in [1.29, 1.82) is 0 Å². The van der Waals surface area contributed by atoms with Gasteiger partial charge < -0.3 is 15.0 Å². The van der Waals surface area contributed by atoms with Crippen LogP contribution in [0.4, 0.5) is 0 Å². The van der Waals surface area contributed by atoms with E-state index in [1.54, 1.807) is 31.2 Å². The van der Waals surface area contributed by atoms with Gasteiger partial charge in [-0.1, -0.05) is 5.92 Å². The molecular formula is C16H17BrN2O4. The van der Waals surface area contributed by atoms with Gasteiger partial charge in [-0.15, -0.1) is 0 Å². The van der Waals surface area contributed by atoms with E-state index >= 15 is 0 Å². The molecule has 23 heavy (non-hydrogen) atoms. The maximum atomic E-state index is 12.5. The fourth-order valence-corrected chi connectivity index (χ4v) is 2.10. The fourth-order valence-electron chi connectivity index (χ4n) is 1.87. The lowest BCUT2D eigenvalue weighted by molar-refractivity contribution is -0.152. The van der Waals surface area contributed by atoms with E-state index in [-0.39, 0.29) is 6.61 Å². The van der Waals surface area contributed by atoms with Crippen LogP contribution in [0.1, 0.15) is 22.8 Å². The quantitative estimate of drug-likeness (QED) is 0.472. The lowest BCUT2D eigenvalue weighted by atomic mass is 10.1. The van der Waals surface area contributed by atoms with Crippen molar-refractivity contribution in [2.45, 2.75) is 13.0 Å². The van der Waals surface area contributed by atoms with Crippen LogP contribution < -0.4 is 5.32 Å². The first-order valence-corrected chi connectivity index (χ1v) is 7.62. The molecular weight excluding hydrogens is 364 g/mol. The van der Waals surface area contributed by atoms with Gasteiger partial charge in [-0.2, -0.15) is 0 Å². The zero-order valence-electron chi connectivity index (χ0n) is 13.1. The van der Waals surface area contributed by atoms with Gasteiger partial charge in [0.25, 0.3) is 11.8 Å². The van der Waals surface area contributed by atoms with Crippen molar-refractivity contribution in [3.05, 3.63) is 35.4 Å². The van der Waals surface area contributed by atoms with E-state index in [1.165, 1.54) is 14.1 Å². The van der Waals surface area contributed by atoms with Gasteiger partial charge >= 0.3 is 5.97 Å². The number of hydrogen-bond donors (Lipinski definition) is 1. The smallest absolute Gasteiger partial charge is 0.338 e. The normalized spacial score (nSPS) is 10.8. The second-order valence-corrected chi connectivity index (χ2v) is 4.88. The van der Waals surface area contributed by atoms with Crippen LogP contribution in [0.15, 0.2) is 24.3 Å². The van der Waals surface area contributed by atoms with Gasteiger partial charge in [0.1, 0.15) is 0 Å². The highest BCUT2D eigenvalue weighted by molar-refractivity contribution is 9.12. The standard InChI is InChI=1S/C16H17BrN2O4/c1-4-23-16(22)13(14(20)18-2)19(3)15(21)12-7-5-11(6-8-12)9-10-17/h5-8,13H,4H2,1-3H3,(H,18,20). The summed E-state index contributed by atoms with van der Waals surface area (Å²) in [5.74, 6) is 0.940. The van der Waals surface area contributed by atoms with E-state index in [4.69, 9.17) is 4.74 Å². The summed E-state index contributed by atoms with van der Waals surface area (Å²) < 4.78 is 4.87. The molecule has 0 saturated carbocycles. The molecule has 0 radical (unpaired) electrons. The Morgan fingerprint density at radius 1 is 1.30 bits per heavy atom. The molecule has 0 saturated heterocycles. The molecule has 1 aromatic rings. The first-order valence-electron chi connectivity index (χ1n) is 6.83. The van der Waals surface area contributed by atoms with Gasteiger partial charge in [-0.25, -0.2) is 4.79 Å². The highest BCUT2D eigenvalue weighted by Crippen LogP contribution is 2.10. The van der Waals surface area contributed by atoms with E-state index in [9.17, 15) is 14.4 Å². The predicted octanol–water partition coefficient (Wildman–Crippen LogP) is 1.14. The van der Waals surface area contributed by atoms with Crippen molar-refractivity contribution in [3.63, 3.8) is 0 Å². The summed E-state index contributed by atoms with van der Waals surface area (Å²) in [6.45, 7) is 1.75. The van der Waals surface area contributed by atoms with Crippen molar-refractivity contribution >= 4 is 33.7 Å². The largest absolute Gasteiger partial charge is 0.464 e. The Morgan fingerprint density at radius 3 is 2.39 bits per heavy atom. The topological polar surface area (TPSA) is 75.7 Å². The highest BCUT2D eigenvalue weighted by atomic mass is 79.9.